The summed E-state index contributed by atoms with van der Waals surface area (Å²) < 4.78 is 31.5. The number of benzene rings is 2. The Balaban J connectivity index is 1.87. The molecule has 154 valence electrons. The standard InChI is InChI=1S/C21H20FN5O2S/c1-14(13-28)25-20-16(5-2-15-3-6-17(22)7-4-15)12-24-21(27-20)26-18-8-10-19(11-9-18)30(23)29/h3-4,6-12,14,23,28,30H,13H2,1H3,(H2,24,25,26,27)/t14-/m1/s1. The zero-order valence-corrected chi connectivity index (χ0v) is 17.0. The monoisotopic (exact) mass is 425 g/mol. The van der Waals surface area contributed by atoms with E-state index in [2.05, 4.69) is 32.4 Å². The average Bonchev–Trinajstić information content (AvgIpc) is 2.74. The maximum absolute atomic E-state index is 13.0. The van der Waals surface area contributed by atoms with Gasteiger partial charge in [-0.3, -0.25) is 4.78 Å². The highest BCUT2D eigenvalue weighted by Gasteiger charge is 2.09. The Morgan fingerprint density at radius 1 is 1.17 bits per heavy atom. The van der Waals surface area contributed by atoms with Gasteiger partial charge in [0.1, 0.15) is 11.6 Å². The molecule has 3 aromatic rings. The summed E-state index contributed by atoms with van der Waals surface area (Å²) in [5, 5.41) is 15.5. The van der Waals surface area contributed by atoms with Crippen LogP contribution >= 0.6 is 0 Å². The fourth-order valence-corrected chi connectivity index (χ4v) is 2.82. The van der Waals surface area contributed by atoms with Crippen LogP contribution in [0.3, 0.4) is 0 Å². The minimum atomic E-state index is -2.14. The molecule has 0 aliphatic heterocycles. The van der Waals surface area contributed by atoms with Crippen molar-refractivity contribution in [3.05, 3.63) is 71.7 Å². The Morgan fingerprint density at radius 3 is 2.50 bits per heavy atom. The summed E-state index contributed by atoms with van der Waals surface area (Å²) in [6.45, 7) is 1.71. The maximum Gasteiger partial charge on any atom is 0.229 e. The van der Waals surface area contributed by atoms with E-state index in [9.17, 15) is 13.7 Å². The van der Waals surface area contributed by atoms with Gasteiger partial charge in [-0.1, -0.05) is 11.8 Å². The molecule has 0 spiro atoms. The number of aliphatic hydroxyl groups excluding tert-OH is 1. The highest BCUT2D eigenvalue weighted by atomic mass is 32.2. The van der Waals surface area contributed by atoms with E-state index in [-0.39, 0.29) is 18.5 Å². The quantitative estimate of drug-likeness (QED) is 0.307. The molecule has 0 radical (unpaired) electrons. The molecule has 2 aromatic carbocycles. The Labute approximate surface area is 175 Å². The Bertz CT molecular complexity index is 1140. The Kier molecular flexibility index (Phi) is 6.95. The molecule has 0 bridgehead atoms. The summed E-state index contributed by atoms with van der Waals surface area (Å²) in [7, 11) is -2.14. The number of aliphatic hydroxyl groups is 1. The lowest BCUT2D eigenvalue weighted by molar-refractivity contribution is 0.281. The van der Waals surface area contributed by atoms with Crippen molar-refractivity contribution in [2.75, 3.05) is 17.2 Å². The number of hydrogen-bond acceptors (Lipinski definition) is 7. The van der Waals surface area contributed by atoms with Crippen LogP contribution in [0, 0.1) is 22.4 Å². The molecule has 3 rings (SSSR count). The topological polar surface area (TPSA) is 111 Å². The molecular weight excluding hydrogens is 405 g/mol. The Morgan fingerprint density at radius 2 is 1.87 bits per heavy atom. The predicted molar refractivity (Wildman–Crippen MR) is 115 cm³/mol. The minimum Gasteiger partial charge on any atom is -0.394 e. The first-order valence-corrected chi connectivity index (χ1v) is 10.3. The summed E-state index contributed by atoms with van der Waals surface area (Å²) in [4.78, 5) is 9.14. The molecule has 1 unspecified atom stereocenters. The highest BCUT2D eigenvalue weighted by molar-refractivity contribution is 7.73. The molecular formula is C21H20FN5O2S. The fraction of sp³-hybridized carbons (Fsp3) is 0.143. The molecule has 7 nitrogen and oxygen atoms in total. The Hall–Kier alpha value is -3.48. The summed E-state index contributed by atoms with van der Waals surface area (Å²) >= 11 is 0. The van der Waals surface area contributed by atoms with E-state index in [1.165, 1.54) is 12.1 Å². The zero-order chi connectivity index (χ0) is 21.5. The minimum absolute atomic E-state index is 0.0929. The van der Waals surface area contributed by atoms with Crippen LogP contribution in [0.4, 0.5) is 21.8 Å². The third-order valence-electron chi connectivity index (χ3n) is 3.99. The lowest BCUT2D eigenvalue weighted by atomic mass is 10.2. The van der Waals surface area contributed by atoms with Crippen LogP contribution in [0.1, 0.15) is 18.1 Å². The molecule has 0 saturated carbocycles. The van der Waals surface area contributed by atoms with Crippen molar-refractivity contribution in [2.45, 2.75) is 17.9 Å². The molecule has 1 aromatic heterocycles. The molecule has 0 aliphatic carbocycles. The molecule has 2 atom stereocenters. The maximum atomic E-state index is 13.0. The smallest absolute Gasteiger partial charge is 0.229 e. The van der Waals surface area contributed by atoms with Crippen molar-refractivity contribution in [2.24, 2.45) is 0 Å². The number of thiol groups is 1. The van der Waals surface area contributed by atoms with Gasteiger partial charge in [0.25, 0.3) is 0 Å². The molecule has 0 saturated heterocycles. The molecule has 0 aliphatic rings. The van der Waals surface area contributed by atoms with Crippen LogP contribution in [-0.2, 0) is 10.6 Å². The third kappa shape index (κ3) is 5.76. The summed E-state index contributed by atoms with van der Waals surface area (Å²) in [6.07, 6.45) is 1.55. The van der Waals surface area contributed by atoms with Crippen molar-refractivity contribution >= 4 is 28.0 Å². The molecule has 9 heteroatoms. The van der Waals surface area contributed by atoms with Crippen molar-refractivity contribution in [3.8, 4) is 11.8 Å². The van der Waals surface area contributed by atoms with Crippen LogP contribution < -0.4 is 10.6 Å². The first-order chi connectivity index (χ1) is 14.4. The van der Waals surface area contributed by atoms with Gasteiger partial charge in [0.15, 0.2) is 0 Å². The van der Waals surface area contributed by atoms with Gasteiger partial charge in [0.05, 0.1) is 29.0 Å². The number of nitrogens with one attached hydrogen (secondary N) is 3. The van der Waals surface area contributed by atoms with Crippen LogP contribution in [0.5, 0.6) is 0 Å². The second kappa shape index (κ2) is 9.82. The first-order valence-electron chi connectivity index (χ1n) is 9.02. The van der Waals surface area contributed by atoms with Crippen molar-refractivity contribution in [3.63, 3.8) is 0 Å². The normalized spacial score (nSPS) is 12.4. The van der Waals surface area contributed by atoms with E-state index in [1.54, 1.807) is 49.5 Å². The first kappa shape index (κ1) is 21.2. The number of anilines is 3. The van der Waals surface area contributed by atoms with Crippen molar-refractivity contribution in [1.82, 2.24) is 9.97 Å². The predicted octanol–water partition coefficient (Wildman–Crippen LogP) is 3.15. The molecule has 4 N–H and O–H groups in total. The van der Waals surface area contributed by atoms with Crippen LogP contribution in [0.25, 0.3) is 0 Å². The molecule has 1 heterocycles. The van der Waals surface area contributed by atoms with Gasteiger partial charge >= 0.3 is 0 Å². The highest BCUT2D eigenvalue weighted by Crippen LogP contribution is 2.19. The number of hydrogen-bond donors (Lipinski definition) is 5. The zero-order valence-electron chi connectivity index (χ0n) is 16.1. The van der Waals surface area contributed by atoms with Crippen LogP contribution in [0.15, 0.2) is 59.6 Å². The third-order valence-corrected chi connectivity index (χ3v) is 4.76. The average molecular weight is 425 g/mol. The molecule has 0 amide bonds. The lowest BCUT2D eigenvalue weighted by Gasteiger charge is -2.14. The van der Waals surface area contributed by atoms with Gasteiger partial charge in [-0.2, -0.15) is 4.98 Å². The second-order valence-corrected chi connectivity index (χ2v) is 7.51. The SMILES string of the molecule is C[C@H](CO)Nc1nc(Nc2ccc([SH](=N)=O)cc2)ncc1C#Cc1ccc(F)cc1. The summed E-state index contributed by atoms with van der Waals surface area (Å²) in [5.74, 6) is 6.32. The van der Waals surface area contributed by atoms with Gasteiger partial charge in [0.2, 0.25) is 5.95 Å². The number of aromatic nitrogens is 2. The van der Waals surface area contributed by atoms with E-state index in [4.69, 9.17) is 4.78 Å². The lowest BCUT2D eigenvalue weighted by Crippen LogP contribution is -2.21. The van der Waals surface area contributed by atoms with E-state index >= 15 is 0 Å². The van der Waals surface area contributed by atoms with Gasteiger partial charge in [-0.25, -0.2) is 13.6 Å². The van der Waals surface area contributed by atoms with E-state index in [0.717, 1.165) is 0 Å². The van der Waals surface area contributed by atoms with E-state index < -0.39 is 10.6 Å². The number of halogens is 1. The van der Waals surface area contributed by atoms with E-state index in [1.807, 2.05) is 0 Å². The number of rotatable bonds is 6. The molecule has 30 heavy (non-hydrogen) atoms. The van der Waals surface area contributed by atoms with Gasteiger partial charge in [0, 0.05) is 22.2 Å². The van der Waals surface area contributed by atoms with Gasteiger partial charge < -0.3 is 15.7 Å². The van der Waals surface area contributed by atoms with Gasteiger partial charge in [-0.15, -0.1) is 0 Å². The van der Waals surface area contributed by atoms with Crippen LogP contribution in [-0.4, -0.2) is 31.9 Å². The second-order valence-electron chi connectivity index (χ2n) is 6.41. The summed E-state index contributed by atoms with van der Waals surface area (Å²) in [5.41, 5.74) is 1.83. The van der Waals surface area contributed by atoms with Crippen LogP contribution in [0.2, 0.25) is 0 Å². The fourth-order valence-electron chi connectivity index (χ4n) is 2.40. The van der Waals surface area contributed by atoms with Crippen molar-refractivity contribution < 1.29 is 13.7 Å². The van der Waals surface area contributed by atoms with Crippen molar-refractivity contribution in [1.29, 1.82) is 4.78 Å². The van der Waals surface area contributed by atoms with E-state index in [0.29, 0.717) is 33.5 Å². The van der Waals surface area contributed by atoms with Gasteiger partial charge in [-0.05, 0) is 55.5 Å². The molecule has 0 fully saturated rings. The largest absolute Gasteiger partial charge is 0.394 e. The summed E-state index contributed by atoms with van der Waals surface area (Å²) in [6, 6.07) is 12.1. The number of nitrogens with zero attached hydrogens (tertiary/aromatic N) is 2.